The van der Waals surface area contributed by atoms with Crippen molar-refractivity contribution in [1.82, 2.24) is 0 Å². The maximum Gasteiger partial charge on any atom is 0.0704 e. The smallest absolute Gasteiger partial charge is 0.0704 e. The normalized spacial score (nSPS) is 10.3. The van der Waals surface area contributed by atoms with Crippen molar-refractivity contribution in [3.8, 4) is 0 Å². The van der Waals surface area contributed by atoms with Crippen LogP contribution >= 0.6 is 0 Å². The van der Waals surface area contributed by atoms with Gasteiger partial charge in [-0.05, 0) is 47.0 Å². The Hall–Kier alpha value is -0.200. The van der Waals surface area contributed by atoms with Gasteiger partial charge in [-0.3, -0.25) is 0 Å². The fourth-order valence-electron chi connectivity index (χ4n) is 1.37. The zero-order valence-electron chi connectivity index (χ0n) is 18.0. The van der Waals surface area contributed by atoms with Crippen molar-refractivity contribution in [1.29, 1.82) is 0 Å². The first kappa shape index (κ1) is 29.6. The van der Waals surface area contributed by atoms with E-state index >= 15 is 0 Å². The minimum absolute atomic E-state index is 0.143. The van der Waals surface area contributed by atoms with E-state index in [1.54, 1.807) is 0 Å². The third-order valence-corrected chi connectivity index (χ3v) is 2.56. The molecule has 0 aromatic carbocycles. The van der Waals surface area contributed by atoms with Crippen LogP contribution < -0.4 is 0 Å². The average Bonchev–Trinajstić information content (AvgIpc) is 2.57. The lowest BCUT2D eigenvalue weighted by Crippen LogP contribution is -2.12. The summed E-state index contributed by atoms with van der Waals surface area (Å²) in [6.45, 7) is 19.1. The third-order valence-electron chi connectivity index (χ3n) is 2.56. The Bertz CT molecular complexity index is 179. The van der Waals surface area contributed by atoms with Crippen LogP contribution in [0, 0.1) is 0 Å². The minimum atomic E-state index is 0.143. The molecule has 0 fully saturated rings. The number of aliphatic hydroxyl groups excluding tert-OH is 1. The van der Waals surface area contributed by atoms with Crippen LogP contribution in [-0.2, 0) is 18.9 Å². The van der Waals surface area contributed by atoms with Crippen LogP contribution in [0.25, 0.3) is 0 Å². The molecule has 0 amide bonds. The fourth-order valence-corrected chi connectivity index (χ4v) is 1.37. The van der Waals surface area contributed by atoms with Crippen molar-refractivity contribution in [3.05, 3.63) is 0 Å². The van der Waals surface area contributed by atoms with Crippen LogP contribution in [0.1, 0.15) is 74.1 Å². The Balaban J connectivity index is -0.000000296. The molecular formula is C20H46O5. The molecular weight excluding hydrogens is 320 g/mol. The van der Waals surface area contributed by atoms with E-state index in [1.165, 1.54) is 0 Å². The minimum Gasteiger partial charge on any atom is -0.394 e. The average molecular weight is 367 g/mol. The Morgan fingerprint density at radius 3 is 1.36 bits per heavy atom. The SMILES string of the molecule is CC(C)OCCOC(C)C.CCCCOCCO.CCCOCCC. The second-order valence-corrected chi connectivity index (χ2v) is 6.14. The van der Waals surface area contributed by atoms with Crippen molar-refractivity contribution in [3.63, 3.8) is 0 Å². The van der Waals surface area contributed by atoms with E-state index in [4.69, 9.17) is 24.1 Å². The van der Waals surface area contributed by atoms with Gasteiger partial charge in [-0.1, -0.05) is 27.2 Å². The Kier molecular flexibility index (Phi) is 33.8. The van der Waals surface area contributed by atoms with Gasteiger partial charge in [0.2, 0.25) is 0 Å². The summed E-state index contributed by atoms with van der Waals surface area (Å²) in [6, 6.07) is 0. The van der Waals surface area contributed by atoms with E-state index in [9.17, 15) is 0 Å². The van der Waals surface area contributed by atoms with Gasteiger partial charge in [0.1, 0.15) is 0 Å². The predicted molar refractivity (Wildman–Crippen MR) is 106 cm³/mol. The molecule has 0 atom stereocenters. The summed E-state index contributed by atoms with van der Waals surface area (Å²) in [5.74, 6) is 0. The van der Waals surface area contributed by atoms with Gasteiger partial charge in [0, 0.05) is 19.8 Å². The molecule has 156 valence electrons. The number of ether oxygens (including phenoxy) is 4. The summed E-state index contributed by atoms with van der Waals surface area (Å²) in [5, 5.41) is 8.24. The van der Waals surface area contributed by atoms with Gasteiger partial charge < -0.3 is 24.1 Å². The molecule has 0 aliphatic carbocycles. The molecule has 0 unspecified atom stereocenters. The van der Waals surface area contributed by atoms with Crippen LogP contribution in [0.2, 0.25) is 0 Å². The lowest BCUT2D eigenvalue weighted by Gasteiger charge is -2.09. The van der Waals surface area contributed by atoms with E-state index < -0.39 is 0 Å². The van der Waals surface area contributed by atoms with Crippen LogP contribution in [0.15, 0.2) is 0 Å². The fraction of sp³-hybridized carbons (Fsp3) is 1.00. The molecule has 0 spiro atoms. The monoisotopic (exact) mass is 366 g/mol. The van der Waals surface area contributed by atoms with E-state index in [0.717, 1.165) is 45.5 Å². The van der Waals surface area contributed by atoms with Crippen LogP contribution in [-0.4, -0.2) is 63.6 Å². The van der Waals surface area contributed by atoms with Gasteiger partial charge in [0.05, 0.1) is 38.6 Å². The Morgan fingerprint density at radius 2 is 1.04 bits per heavy atom. The predicted octanol–water partition coefficient (Wildman–Crippen LogP) is 4.45. The first-order valence-electron chi connectivity index (χ1n) is 9.95. The van der Waals surface area contributed by atoms with Crippen molar-refractivity contribution in [2.75, 3.05) is 46.2 Å². The molecule has 0 saturated heterocycles. The highest BCUT2D eigenvalue weighted by molar-refractivity contribution is 4.39. The third kappa shape index (κ3) is 45.3. The largest absolute Gasteiger partial charge is 0.394 e. The molecule has 0 heterocycles. The van der Waals surface area contributed by atoms with E-state index in [2.05, 4.69) is 20.8 Å². The molecule has 0 aromatic rings. The summed E-state index contributed by atoms with van der Waals surface area (Å²) in [5.41, 5.74) is 0. The quantitative estimate of drug-likeness (QED) is 0.460. The molecule has 0 radical (unpaired) electrons. The van der Waals surface area contributed by atoms with Crippen molar-refractivity contribution in [2.24, 2.45) is 0 Å². The second-order valence-electron chi connectivity index (χ2n) is 6.14. The topological polar surface area (TPSA) is 57.2 Å². The van der Waals surface area contributed by atoms with Gasteiger partial charge in [-0.15, -0.1) is 0 Å². The molecule has 0 bridgehead atoms. The molecule has 0 aliphatic heterocycles. The second kappa shape index (κ2) is 28.6. The summed E-state index contributed by atoms with van der Waals surface area (Å²) < 4.78 is 20.6. The summed E-state index contributed by atoms with van der Waals surface area (Å²) in [7, 11) is 0. The molecule has 0 aliphatic rings. The molecule has 25 heavy (non-hydrogen) atoms. The number of unbranched alkanes of at least 4 members (excludes halogenated alkanes) is 1. The lowest BCUT2D eigenvalue weighted by molar-refractivity contribution is -0.00108. The number of rotatable bonds is 14. The summed E-state index contributed by atoms with van der Waals surface area (Å²) in [6.07, 6.45) is 5.16. The highest BCUT2D eigenvalue weighted by Gasteiger charge is 1.94. The van der Waals surface area contributed by atoms with Gasteiger partial charge in [-0.2, -0.15) is 0 Å². The zero-order chi connectivity index (χ0) is 19.8. The first-order chi connectivity index (χ1) is 12.0. The Labute approximate surface area is 157 Å². The molecule has 1 N–H and O–H groups in total. The standard InChI is InChI=1S/C8H18O2.C6H14O2.C6H14O/c1-7(2)9-5-6-10-8(3)4;1-2-3-5-8-6-4-7;1-3-5-7-6-4-2/h7-8H,5-6H2,1-4H3;7H,2-6H2,1H3;3-6H2,1-2H3. The lowest BCUT2D eigenvalue weighted by atomic mass is 10.4. The van der Waals surface area contributed by atoms with E-state index in [0.29, 0.717) is 32.0 Å². The van der Waals surface area contributed by atoms with Crippen LogP contribution in [0.5, 0.6) is 0 Å². The first-order valence-corrected chi connectivity index (χ1v) is 9.95. The zero-order valence-corrected chi connectivity index (χ0v) is 18.0. The van der Waals surface area contributed by atoms with Crippen molar-refractivity contribution < 1.29 is 24.1 Å². The summed E-state index contributed by atoms with van der Waals surface area (Å²) in [4.78, 5) is 0. The molecule has 5 nitrogen and oxygen atoms in total. The number of hydrogen-bond donors (Lipinski definition) is 1. The van der Waals surface area contributed by atoms with Gasteiger partial charge in [0.25, 0.3) is 0 Å². The maximum absolute atomic E-state index is 8.24. The molecule has 0 rings (SSSR count). The highest BCUT2D eigenvalue weighted by Crippen LogP contribution is 1.90. The number of hydrogen-bond acceptors (Lipinski definition) is 5. The van der Waals surface area contributed by atoms with Gasteiger partial charge >= 0.3 is 0 Å². The van der Waals surface area contributed by atoms with Crippen LogP contribution in [0.3, 0.4) is 0 Å². The highest BCUT2D eigenvalue weighted by atomic mass is 16.5. The molecule has 5 heteroatoms. The van der Waals surface area contributed by atoms with Crippen molar-refractivity contribution >= 4 is 0 Å². The van der Waals surface area contributed by atoms with Crippen molar-refractivity contribution in [2.45, 2.75) is 86.4 Å². The Morgan fingerprint density at radius 1 is 0.600 bits per heavy atom. The van der Waals surface area contributed by atoms with Gasteiger partial charge in [0.15, 0.2) is 0 Å². The van der Waals surface area contributed by atoms with Gasteiger partial charge in [-0.25, -0.2) is 0 Å². The summed E-state index contributed by atoms with van der Waals surface area (Å²) >= 11 is 0. The molecule has 0 aromatic heterocycles. The number of aliphatic hydroxyl groups is 1. The van der Waals surface area contributed by atoms with Crippen LogP contribution in [0.4, 0.5) is 0 Å². The maximum atomic E-state index is 8.24. The molecule has 0 saturated carbocycles. The van der Waals surface area contributed by atoms with E-state index in [1.807, 2.05) is 27.7 Å². The van der Waals surface area contributed by atoms with E-state index in [-0.39, 0.29) is 6.61 Å².